The van der Waals surface area contributed by atoms with Crippen LogP contribution in [0.3, 0.4) is 0 Å². The summed E-state index contributed by atoms with van der Waals surface area (Å²) in [7, 11) is 1.64. The summed E-state index contributed by atoms with van der Waals surface area (Å²) in [6.07, 6.45) is 4.55. The number of benzene rings is 2. The monoisotopic (exact) mass is 410 g/mol. The molecule has 1 aliphatic heterocycles. The molecule has 0 spiro atoms. The van der Waals surface area contributed by atoms with Crippen LogP contribution in [0.5, 0.6) is 5.75 Å². The minimum atomic E-state index is -0.274. The van der Waals surface area contributed by atoms with Crippen molar-refractivity contribution in [2.45, 2.75) is 44.8 Å². The molecule has 0 N–H and O–H groups in total. The molecule has 5 nitrogen and oxygen atoms in total. The maximum atomic E-state index is 13.3. The second kappa shape index (κ2) is 9.28. The van der Waals surface area contributed by atoms with Crippen LogP contribution in [0.25, 0.3) is 0 Å². The maximum Gasteiger partial charge on any atom is 0.226 e. The van der Waals surface area contributed by atoms with Crippen molar-refractivity contribution in [3.8, 4) is 5.75 Å². The average Bonchev–Trinajstić information content (AvgIpc) is 3.47. The van der Waals surface area contributed by atoms with E-state index in [1.54, 1.807) is 19.2 Å². The largest absolute Gasteiger partial charge is 0.497 e. The van der Waals surface area contributed by atoms with Crippen LogP contribution in [0.2, 0.25) is 0 Å². The molecule has 0 radical (unpaired) electrons. The van der Waals surface area contributed by atoms with Gasteiger partial charge in [-0.2, -0.15) is 0 Å². The number of hydrogen-bond donors (Lipinski definition) is 0. The molecule has 0 aromatic heterocycles. The Morgan fingerprint density at radius 2 is 1.83 bits per heavy atom. The fourth-order valence-corrected chi connectivity index (χ4v) is 4.20. The Labute approximate surface area is 176 Å². The zero-order valence-electron chi connectivity index (χ0n) is 17.2. The lowest BCUT2D eigenvalue weighted by Gasteiger charge is -2.27. The van der Waals surface area contributed by atoms with Crippen molar-refractivity contribution >= 4 is 11.6 Å². The molecule has 1 aliphatic carbocycles. The highest BCUT2D eigenvalue weighted by Gasteiger charge is 2.31. The summed E-state index contributed by atoms with van der Waals surface area (Å²) in [6.45, 7) is 0.920. The molecule has 2 aromatic rings. The van der Waals surface area contributed by atoms with Gasteiger partial charge < -0.3 is 14.5 Å². The van der Waals surface area contributed by atoms with Gasteiger partial charge in [-0.15, -0.1) is 0 Å². The normalized spacial score (nSPS) is 18.7. The van der Waals surface area contributed by atoms with Crippen LogP contribution in [-0.2, 0) is 16.2 Å². The van der Waals surface area contributed by atoms with Crippen molar-refractivity contribution in [3.63, 3.8) is 0 Å². The lowest BCUT2D eigenvalue weighted by Crippen LogP contribution is -2.40. The molecule has 6 heteroatoms. The van der Waals surface area contributed by atoms with E-state index in [1.165, 1.54) is 12.1 Å². The number of methoxy groups -OCH3 is 1. The van der Waals surface area contributed by atoms with E-state index >= 15 is 0 Å². The molecule has 1 atom stereocenters. The molecule has 1 unspecified atom stereocenters. The van der Waals surface area contributed by atoms with Gasteiger partial charge in [-0.3, -0.25) is 4.79 Å². The lowest BCUT2D eigenvalue weighted by molar-refractivity contribution is -0.137. The number of rotatable bonds is 7. The molecule has 1 heterocycles. The number of ether oxygens (including phenoxy) is 1. The molecule has 0 saturated heterocycles. The number of carbonyl (C=O) groups is 1. The minimum Gasteiger partial charge on any atom is -0.497 e. The number of amides is 1. The number of nitrogens with zero attached hydrogens (tertiary/aromatic N) is 2. The number of hydrogen-bond acceptors (Lipinski definition) is 4. The van der Waals surface area contributed by atoms with Gasteiger partial charge in [0.05, 0.1) is 19.4 Å². The molecule has 2 aliphatic rings. The highest BCUT2D eigenvalue weighted by molar-refractivity contribution is 6.01. The molecule has 1 amide bonds. The average molecular weight is 410 g/mol. The van der Waals surface area contributed by atoms with Crippen molar-refractivity contribution in [2.24, 2.45) is 11.1 Å². The Bertz CT molecular complexity index is 890. The van der Waals surface area contributed by atoms with Crippen molar-refractivity contribution in [1.82, 2.24) is 4.90 Å². The highest BCUT2D eigenvalue weighted by Crippen LogP contribution is 2.28. The molecule has 2 aromatic carbocycles. The maximum absolute atomic E-state index is 13.3. The van der Waals surface area contributed by atoms with Gasteiger partial charge in [0.1, 0.15) is 11.6 Å². The highest BCUT2D eigenvalue weighted by atomic mass is 19.1. The van der Waals surface area contributed by atoms with Gasteiger partial charge in [-0.1, -0.05) is 30.1 Å². The SMILES string of the molecule is COc1ccc(C2=NOC(CN(Cc3ccc(F)cc3)C(=O)C3CCCC3)C2)cc1. The van der Waals surface area contributed by atoms with E-state index in [1.807, 2.05) is 29.2 Å². The second-order valence-corrected chi connectivity index (χ2v) is 8.02. The third-order valence-electron chi connectivity index (χ3n) is 5.88. The summed E-state index contributed by atoms with van der Waals surface area (Å²) >= 11 is 0. The van der Waals surface area contributed by atoms with Gasteiger partial charge in [-0.05, 0) is 60.4 Å². The van der Waals surface area contributed by atoms with Crippen LogP contribution < -0.4 is 4.74 Å². The predicted molar refractivity (Wildman–Crippen MR) is 113 cm³/mol. The van der Waals surface area contributed by atoms with Crippen molar-refractivity contribution in [1.29, 1.82) is 0 Å². The first kappa shape index (κ1) is 20.4. The summed E-state index contributed by atoms with van der Waals surface area (Å²) in [6, 6.07) is 14.1. The third-order valence-corrected chi connectivity index (χ3v) is 5.88. The Kier molecular flexibility index (Phi) is 6.31. The van der Waals surface area contributed by atoms with Crippen LogP contribution in [0, 0.1) is 11.7 Å². The Balaban J connectivity index is 1.43. The van der Waals surface area contributed by atoms with Gasteiger partial charge in [-0.25, -0.2) is 4.39 Å². The summed E-state index contributed by atoms with van der Waals surface area (Å²) in [5, 5.41) is 4.26. The quantitative estimate of drug-likeness (QED) is 0.673. The summed E-state index contributed by atoms with van der Waals surface area (Å²) in [5.74, 6) is 0.763. The fourth-order valence-electron chi connectivity index (χ4n) is 4.20. The summed E-state index contributed by atoms with van der Waals surface area (Å²) in [4.78, 5) is 20.7. The third kappa shape index (κ3) is 4.81. The van der Waals surface area contributed by atoms with E-state index in [2.05, 4.69) is 5.16 Å². The first-order chi connectivity index (χ1) is 14.6. The van der Waals surface area contributed by atoms with Gasteiger partial charge in [0, 0.05) is 18.9 Å². The topological polar surface area (TPSA) is 51.1 Å². The van der Waals surface area contributed by atoms with Crippen LogP contribution >= 0.6 is 0 Å². The van der Waals surface area contributed by atoms with Gasteiger partial charge in [0.25, 0.3) is 0 Å². The van der Waals surface area contributed by atoms with Crippen LogP contribution in [-0.4, -0.2) is 36.3 Å². The second-order valence-electron chi connectivity index (χ2n) is 8.02. The van der Waals surface area contributed by atoms with E-state index in [-0.39, 0.29) is 23.7 Å². The first-order valence-electron chi connectivity index (χ1n) is 10.5. The van der Waals surface area contributed by atoms with Crippen LogP contribution in [0.15, 0.2) is 53.7 Å². The molecule has 1 fully saturated rings. The van der Waals surface area contributed by atoms with E-state index in [0.29, 0.717) is 19.5 Å². The molecular weight excluding hydrogens is 383 g/mol. The smallest absolute Gasteiger partial charge is 0.226 e. The van der Waals surface area contributed by atoms with Crippen molar-refractivity contribution in [2.75, 3.05) is 13.7 Å². The summed E-state index contributed by atoms with van der Waals surface area (Å²) < 4.78 is 18.5. The van der Waals surface area contributed by atoms with Crippen LogP contribution in [0.4, 0.5) is 4.39 Å². The molecule has 30 heavy (non-hydrogen) atoms. The van der Waals surface area contributed by atoms with Gasteiger partial charge >= 0.3 is 0 Å². The molecule has 4 rings (SSSR count). The van der Waals surface area contributed by atoms with Crippen LogP contribution in [0.1, 0.15) is 43.2 Å². The Morgan fingerprint density at radius 1 is 1.13 bits per heavy atom. The molecule has 0 bridgehead atoms. The predicted octanol–water partition coefficient (Wildman–Crippen LogP) is 4.55. The zero-order chi connectivity index (χ0) is 20.9. The minimum absolute atomic E-state index is 0.0776. The van der Waals surface area contributed by atoms with Gasteiger partial charge in [0.15, 0.2) is 6.10 Å². The van der Waals surface area contributed by atoms with E-state index in [0.717, 1.165) is 48.3 Å². The standard InChI is InChI=1S/C24H27FN2O3/c1-29-21-12-8-18(9-13-21)23-14-22(30-26-23)16-27(24(28)19-4-2-3-5-19)15-17-6-10-20(25)11-7-17/h6-13,19,22H,2-5,14-16H2,1H3. The van der Waals surface area contributed by atoms with E-state index < -0.39 is 0 Å². The first-order valence-corrected chi connectivity index (χ1v) is 10.5. The molecule has 158 valence electrons. The fraction of sp³-hybridized carbons (Fsp3) is 0.417. The number of halogens is 1. The van der Waals surface area contributed by atoms with Gasteiger partial charge in [0.2, 0.25) is 5.91 Å². The Morgan fingerprint density at radius 3 is 2.50 bits per heavy atom. The number of carbonyl (C=O) groups excluding carboxylic acids is 1. The lowest BCUT2D eigenvalue weighted by atomic mass is 10.0. The van der Waals surface area contributed by atoms with Crippen molar-refractivity contribution in [3.05, 3.63) is 65.5 Å². The molecular formula is C24H27FN2O3. The number of oxime groups is 1. The zero-order valence-corrected chi connectivity index (χ0v) is 17.2. The molecule has 1 saturated carbocycles. The summed E-state index contributed by atoms with van der Waals surface area (Å²) in [5.41, 5.74) is 2.78. The van der Waals surface area contributed by atoms with Crippen molar-refractivity contribution < 1.29 is 18.8 Å². The van der Waals surface area contributed by atoms with E-state index in [4.69, 9.17) is 9.57 Å². The Hall–Kier alpha value is -2.89. The van der Waals surface area contributed by atoms with E-state index in [9.17, 15) is 9.18 Å².